The van der Waals surface area contributed by atoms with Crippen molar-refractivity contribution in [3.63, 3.8) is 0 Å². The minimum absolute atomic E-state index is 0.142. The molecule has 0 aromatic heterocycles. The first-order chi connectivity index (χ1) is 9.13. The van der Waals surface area contributed by atoms with Crippen molar-refractivity contribution in [2.24, 2.45) is 11.8 Å². The normalized spacial score (nSPS) is 29.6. The lowest BCUT2D eigenvalue weighted by atomic mass is 10.00. The summed E-state index contributed by atoms with van der Waals surface area (Å²) in [4.78, 5) is 14.2. The molecule has 19 heavy (non-hydrogen) atoms. The molecule has 1 aliphatic heterocycles. The Hall–Kier alpha value is -1.06. The van der Waals surface area contributed by atoms with Crippen LogP contribution in [0.1, 0.15) is 18.4 Å². The summed E-state index contributed by atoms with van der Waals surface area (Å²) >= 11 is 5.93. The van der Waals surface area contributed by atoms with Crippen LogP contribution in [-0.2, 0) is 11.2 Å². The Bertz CT molecular complexity index is 491. The SMILES string of the molecule is O=C(Cc1cccc(Cl)c1)N1CC2CCC(O)C2C1. The predicted octanol–water partition coefficient (Wildman–Crippen LogP) is 2.11. The van der Waals surface area contributed by atoms with Crippen LogP contribution in [0.15, 0.2) is 24.3 Å². The van der Waals surface area contributed by atoms with Crippen LogP contribution in [0.2, 0.25) is 5.02 Å². The average molecular weight is 280 g/mol. The van der Waals surface area contributed by atoms with E-state index < -0.39 is 0 Å². The van der Waals surface area contributed by atoms with Gasteiger partial charge in [0.15, 0.2) is 0 Å². The Morgan fingerprint density at radius 1 is 1.37 bits per heavy atom. The highest BCUT2D eigenvalue weighted by atomic mass is 35.5. The summed E-state index contributed by atoms with van der Waals surface area (Å²) in [7, 11) is 0. The fraction of sp³-hybridized carbons (Fsp3) is 0.533. The fourth-order valence-electron chi connectivity index (χ4n) is 3.37. The maximum absolute atomic E-state index is 12.3. The second-order valence-electron chi connectivity index (χ2n) is 5.67. The highest BCUT2D eigenvalue weighted by molar-refractivity contribution is 6.30. The van der Waals surface area contributed by atoms with E-state index in [4.69, 9.17) is 11.6 Å². The number of amides is 1. The van der Waals surface area contributed by atoms with E-state index in [0.29, 0.717) is 29.8 Å². The van der Waals surface area contributed by atoms with E-state index in [1.54, 1.807) is 0 Å². The zero-order valence-electron chi connectivity index (χ0n) is 10.8. The molecule has 1 N–H and O–H groups in total. The van der Waals surface area contributed by atoms with Gasteiger partial charge in [-0.3, -0.25) is 4.79 Å². The molecule has 1 aromatic carbocycles. The monoisotopic (exact) mass is 279 g/mol. The highest BCUT2D eigenvalue weighted by Gasteiger charge is 2.43. The van der Waals surface area contributed by atoms with Crippen molar-refractivity contribution >= 4 is 17.5 Å². The van der Waals surface area contributed by atoms with Crippen LogP contribution in [0, 0.1) is 11.8 Å². The molecule has 3 nitrogen and oxygen atoms in total. The lowest BCUT2D eigenvalue weighted by Crippen LogP contribution is -2.32. The van der Waals surface area contributed by atoms with Crippen LogP contribution in [-0.4, -0.2) is 35.1 Å². The summed E-state index contributed by atoms with van der Waals surface area (Å²) in [5, 5.41) is 10.5. The van der Waals surface area contributed by atoms with E-state index >= 15 is 0 Å². The second kappa shape index (κ2) is 5.14. The molecule has 4 heteroatoms. The van der Waals surface area contributed by atoms with Crippen molar-refractivity contribution < 1.29 is 9.90 Å². The van der Waals surface area contributed by atoms with E-state index in [9.17, 15) is 9.90 Å². The van der Waals surface area contributed by atoms with E-state index in [0.717, 1.165) is 24.9 Å². The minimum atomic E-state index is -0.214. The molecule has 1 aromatic rings. The molecule has 1 amide bonds. The summed E-state index contributed by atoms with van der Waals surface area (Å²) < 4.78 is 0. The van der Waals surface area contributed by atoms with Crippen molar-refractivity contribution in [1.82, 2.24) is 4.90 Å². The molecule has 0 bridgehead atoms. The van der Waals surface area contributed by atoms with E-state index in [2.05, 4.69) is 0 Å². The molecule has 3 atom stereocenters. The van der Waals surface area contributed by atoms with Gasteiger partial charge in [-0.25, -0.2) is 0 Å². The third kappa shape index (κ3) is 2.63. The summed E-state index contributed by atoms with van der Waals surface area (Å²) in [6.07, 6.45) is 2.13. The Kier molecular flexibility index (Phi) is 3.50. The third-order valence-corrected chi connectivity index (χ3v) is 4.65. The molecular formula is C15H18ClNO2. The molecular weight excluding hydrogens is 262 g/mol. The molecule has 0 radical (unpaired) electrons. The van der Waals surface area contributed by atoms with Crippen LogP contribution >= 0.6 is 11.6 Å². The van der Waals surface area contributed by atoms with Gasteiger partial charge in [-0.1, -0.05) is 23.7 Å². The number of hydrogen-bond donors (Lipinski definition) is 1. The Morgan fingerprint density at radius 2 is 2.21 bits per heavy atom. The summed E-state index contributed by atoms with van der Waals surface area (Å²) in [5.74, 6) is 0.936. The first-order valence-corrected chi connectivity index (χ1v) is 7.21. The number of benzene rings is 1. The Balaban J connectivity index is 1.63. The number of rotatable bonds is 2. The summed E-state index contributed by atoms with van der Waals surface area (Å²) in [5.41, 5.74) is 0.954. The topological polar surface area (TPSA) is 40.5 Å². The molecule has 2 fully saturated rings. The van der Waals surface area contributed by atoms with Crippen molar-refractivity contribution in [1.29, 1.82) is 0 Å². The van der Waals surface area contributed by atoms with Gasteiger partial charge in [0.05, 0.1) is 12.5 Å². The summed E-state index contributed by atoms with van der Waals surface area (Å²) in [6, 6.07) is 7.44. The Labute approximate surface area is 118 Å². The van der Waals surface area contributed by atoms with Gasteiger partial charge in [-0.05, 0) is 36.5 Å². The van der Waals surface area contributed by atoms with Crippen LogP contribution < -0.4 is 0 Å². The molecule has 102 valence electrons. The predicted molar refractivity (Wildman–Crippen MR) is 74.0 cm³/mol. The first kappa shape index (κ1) is 12.9. The maximum Gasteiger partial charge on any atom is 0.227 e. The fourth-order valence-corrected chi connectivity index (χ4v) is 3.59. The number of aliphatic hydroxyl groups is 1. The van der Waals surface area contributed by atoms with E-state index in [-0.39, 0.29) is 12.0 Å². The van der Waals surface area contributed by atoms with E-state index in [1.807, 2.05) is 29.2 Å². The van der Waals surface area contributed by atoms with E-state index in [1.165, 1.54) is 0 Å². The van der Waals surface area contributed by atoms with Crippen LogP contribution in [0.25, 0.3) is 0 Å². The molecule has 1 aliphatic carbocycles. The zero-order valence-corrected chi connectivity index (χ0v) is 11.5. The zero-order chi connectivity index (χ0) is 13.4. The minimum Gasteiger partial charge on any atom is -0.393 e. The van der Waals surface area contributed by atoms with Crippen molar-refractivity contribution in [2.45, 2.75) is 25.4 Å². The Morgan fingerprint density at radius 3 is 2.95 bits per heavy atom. The largest absolute Gasteiger partial charge is 0.393 e. The van der Waals surface area contributed by atoms with Crippen LogP contribution in [0.5, 0.6) is 0 Å². The van der Waals surface area contributed by atoms with Crippen LogP contribution in [0.4, 0.5) is 0 Å². The molecule has 0 spiro atoms. The van der Waals surface area contributed by atoms with Gasteiger partial charge in [0.1, 0.15) is 0 Å². The van der Waals surface area contributed by atoms with Gasteiger partial charge in [0, 0.05) is 24.0 Å². The number of aliphatic hydroxyl groups excluding tert-OH is 1. The van der Waals surface area contributed by atoms with Crippen LogP contribution in [0.3, 0.4) is 0 Å². The summed E-state index contributed by atoms with van der Waals surface area (Å²) in [6.45, 7) is 1.52. The number of fused-ring (bicyclic) bond motifs is 1. The van der Waals surface area contributed by atoms with Gasteiger partial charge in [0.25, 0.3) is 0 Å². The molecule has 2 aliphatic rings. The standard InChI is InChI=1S/C15H18ClNO2/c16-12-3-1-2-10(6-12)7-15(19)17-8-11-4-5-14(18)13(11)9-17/h1-3,6,11,13-14,18H,4-5,7-9H2. The van der Waals surface area contributed by atoms with Crippen molar-refractivity contribution in [2.75, 3.05) is 13.1 Å². The van der Waals surface area contributed by atoms with Gasteiger partial charge in [-0.15, -0.1) is 0 Å². The molecule has 1 heterocycles. The van der Waals surface area contributed by atoms with Crippen molar-refractivity contribution in [3.05, 3.63) is 34.9 Å². The number of carbonyl (C=O) groups excluding carboxylic acids is 1. The lowest BCUT2D eigenvalue weighted by Gasteiger charge is -2.18. The number of nitrogens with zero attached hydrogens (tertiary/aromatic N) is 1. The number of hydrogen-bond acceptors (Lipinski definition) is 2. The molecule has 1 saturated carbocycles. The molecule has 3 unspecified atom stereocenters. The number of carbonyl (C=O) groups is 1. The maximum atomic E-state index is 12.3. The quantitative estimate of drug-likeness (QED) is 0.901. The van der Waals surface area contributed by atoms with Gasteiger partial charge in [-0.2, -0.15) is 0 Å². The van der Waals surface area contributed by atoms with Crippen molar-refractivity contribution in [3.8, 4) is 0 Å². The van der Waals surface area contributed by atoms with Gasteiger partial charge in [0.2, 0.25) is 5.91 Å². The molecule has 1 saturated heterocycles. The highest BCUT2D eigenvalue weighted by Crippen LogP contribution is 2.38. The van der Waals surface area contributed by atoms with Gasteiger partial charge < -0.3 is 10.0 Å². The average Bonchev–Trinajstić information content (AvgIpc) is 2.92. The van der Waals surface area contributed by atoms with Gasteiger partial charge >= 0.3 is 0 Å². The molecule has 3 rings (SSSR count). The third-order valence-electron chi connectivity index (χ3n) is 4.42. The lowest BCUT2D eigenvalue weighted by molar-refractivity contribution is -0.129. The number of halogens is 1. The first-order valence-electron chi connectivity index (χ1n) is 6.84. The second-order valence-corrected chi connectivity index (χ2v) is 6.11. The smallest absolute Gasteiger partial charge is 0.227 e. The number of likely N-dealkylation sites (tertiary alicyclic amines) is 1.